The lowest BCUT2D eigenvalue weighted by molar-refractivity contribution is -0.128. The topological polar surface area (TPSA) is 78.8 Å². The molecule has 4 rings (SSSR count). The highest BCUT2D eigenvalue weighted by atomic mass is 32.2. The van der Waals surface area contributed by atoms with Crippen LogP contribution in [0, 0.1) is 0 Å². The number of thioether (sulfide) groups is 1. The number of nitrogens with zero attached hydrogens (tertiary/aromatic N) is 2. The Morgan fingerprint density at radius 2 is 1.75 bits per heavy atom. The average molecular weight is 450 g/mol. The van der Waals surface area contributed by atoms with Crippen LogP contribution in [0.3, 0.4) is 0 Å². The van der Waals surface area contributed by atoms with Crippen molar-refractivity contribution in [2.75, 3.05) is 5.32 Å². The first-order valence-electron chi connectivity index (χ1n) is 10.9. The molecule has 0 radical (unpaired) electrons. The Labute approximate surface area is 192 Å². The van der Waals surface area contributed by atoms with Crippen molar-refractivity contribution < 1.29 is 14.4 Å². The molecule has 7 heteroatoms. The fraction of sp³-hybridized carbons (Fsp3) is 0.360. The summed E-state index contributed by atoms with van der Waals surface area (Å²) < 4.78 is 0. The maximum absolute atomic E-state index is 13.0. The molecule has 2 aromatic rings. The number of hydrogen-bond donors (Lipinski definition) is 1. The summed E-state index contributed by atoms with van der Waals surface area (Å²) in [6.45, 7) is 5.79. The van der Waals surface area contributed by atoms with Gasteiger partial charge in [-0.1, -0.05) is 37.7 Å². The van der Waals surface area contributed by atoms with Crippen molar-refractivity contribution >= 4 is 45.9 Å². The van der Waals surface area contributed by atoms with E-state index in [-0.39, 0.29) is 30.1 Å². The van der Waals surface area contributed by atoms with Crippen molar-refractivity contribution in [1.82, 2.24) is 4.90 Å². The molecule has 0 spiro atoms. The molecule has 1 saturated carbocycles. The van der Waals surface area contributed by atoms with Gasteiger partial charge < -0.3 is 5.32 Å². The van der Waals surface area contributed by atoms with Gasteiger partial charge >= 0.3 is 0 Å². The minimum atomic E-state index is -0.485. The Kier molecular flexibility index (Phi) is 6.46. The Balaban J connectivity index is 1.45. The first-order chi connectivity index (χ1) is 15.3. The third-order valence-corrected chi connectivity index (χ3v) is 6.76. The molecule has 32 heavy (non-hydrogen) atoms. The van der Waals surface area contributed by atoms with Gasteiger partial charge in [0, 0.05) is 23.7 Å². The van der Waals surface area contributed by atoms with Crippen molar-refractivity contribution in [3.05, 3.63) is 59.7 Å². The van der Waals surface area contributed by atoms with Crippen LogP contribution >= 0.6 is 11.8 Å². The van der Waals surface area contributed by atoms with E-state index in [1.165, 1.54) is 24.2 Å². The predicted octanol–water partition coefficient (Wildman–Crippen LogP) is 5.14. The smallest absolute Gasteiger partial charge is 0.242 e. The fourth-order valence-corrected chi connectivity index (χ4v) is 4.79. The standard InChI is InChI=1S/C25H27N3O3S/c1-15(2)17-4-8-20(9-5-17)27-25-28(21-12-13-21)24(31)22(32-25)14-23(30)26-19-10-6-18(7-11-19)16(3)29/h4-11,15,21-22H,12-14H2,1-3H3,(H,26,30). The van der Waals surface area contributed by atoms with Gasteiger partial charge in [-0.05, 0) is 67.6 Å². The quantitative estimate of drug-likeness (QED) is 0.594. The van der Waals surface area contributed by atoms with Crippen molar-refractivity contribution in [2.24, 2.45) is 4.99 Å². The molecule has 1 N–H and O–H groups in total. The van der Waals surface area contributed by atoms with E-state index in [1.54, 1.807) is 29.2 Å². The lowest BCUT2D eigenvalue weighted by atomic mass is 10.0. The zero-order chi connectivity index (χ0) is 22.8. The van der Waals surface area contributed by atoms with Gasteiger partial charge in [-0.3, -0.25) is 19.3 Å². The Morgan fingerprint density at radius 1 is 1.09 bits per heavy atom. The fourth-order valence-electron chi connectivity index (χ4n) is 3.57. The van der Waals surface area contributed by atoms with Crippen molar-refractivity contribution in [3.63, 3.8) is 0 Å². The number of anilines is 1. The summed E-state index contributed by atoms with van der Waals surface area (Å²) >= 11 is 1.37. The number of rotatable bonds is 7. The van der Waals surface area contributed by atoms with E-state index in [2.05, 4.69) is 31.3 Å². The number of ketones is 1. The van der Waals surface area contributed by atoms with E-state index in [0.717, 1.165) is 18.5 Å². The van der Waals surface area contributed by atoms with Gasteiger partial charge in [-0.25, -0.2) is 4.99 Å². The van der Waals surface area contributed by atoms with Gasteiger partial charge in [-0.15, -0.1) is 0 Å². The second-order valence-corrected chi connectivity index (χ2v) is 9.74. The van der Waals surface area contributed by atoms with Gasteiger partial charge in [0.2, 0.25) is 11.8 Å². The molecule has 6 nitrogen and oxygen atoms in total. The Bertz CT molecular complexity index is 1060. The molecule has 166 valence electrons. The first-order valence-corrected chi connectivity index (χ1v) is 11.8. The van der Waals surface area contributed by atoms with E-state index >= 15 is 0 Å². The van der Waals surface area contributed by atoms with Crippen LogP contribution in [0.4, 0.5) is 11.4 Å². The third-order valence-electron chi connectivity index (χ3n) is 5.61. The number of Topliss-reactive ketones (excluding diaryl/α,β-unsaturated/α-hetero) is 1. The van der Waals surface area contributed by atoms with E-state index < -0.39 is 5.25 Å². The molecular weight excluding hydrogens is 422 g/mol. The van der Waals surface area contributed by atoms with Gasteiger partial charge in [-0.2, -0.15) is 0 Å². The highest BCUT2D eigenvalue weighted by molar-refractivity contribution is 8.15. The molecule has 0 bridgehead atoms. The van der Waals surface area contributed by atoms with Gasteiger partial charge in [0.1, 0.15) is 5.25 Å². The van der Waals surface area contributed by atoms with Crippen LogP contribution in [-0.2, 0) is 9.59 Å². The number of benzene rings is 2. The molecule has 2 aromatic carbocycles. The zero-order valence-corrected chi connectivity index (χ0v) is 19.3. The molecule has 1 aliphatic heterocycles. The van der Waals surface area contributed by atoms with E-state index in [4.69, 9.17) is 4.99 Å². The molecule has 1 heterocycles. The van der Waals surface area contributed by atoms with Crippen LogP contribution in [0.5, 0.6) is 0 Å². The molecule has 0 aromatic heterocycles. The van der Waals surface area contributed by atoms with E-state index in [1.807, 2.05) is 12.1 Å². The Morgan fingerprint density at radius 3 is 2.31 bits per heavy atom. The second-order valence-electron chi connectivity index (χ2n) is 8.57. The minimum Gasteiger partial charge on any atom is -0.326 e. The Hall–Kier alpha value is -2.93. The summed E-state index contributed by atoms with van der Waals surface area (Å²) in [5, 5.41) is 3.02. The monoisotopic (exact) mass is 449 g/mol. The lowest BCUT2D eigenvalue weighted by Crippen LogP contribution is -2.35. The summed E-state index contributed by atoms with van der Waals surface area (Å²) in [4.78, 5) is 43.6. The molecule has 2 aliphatic rings. The van der Waals surface area contributed by atoms with Crippen LogP contribution in [-0.4, -0.2) is 39.0 Å². The predicted molar refractivity (Wildman–Crippen MR) is 129 cm³/mol. The number of hydrogen-bond acceptors (Lipinski definition) is 5. The normalized spacial score (nSPS) is 19.6. The largest absolute Gasteiger partial charge is 0.326 e. The summed E-state index contributed by atoms with van der Waals surface area (Å²) in [5.74, 6) is 0.146. The van der Waals surface area contributed by atoms with Crippen LogP contribution in [0.1, 0.15) is 61.9 Å². The maximum Gasteiger partial charge on any atom is 0.242 e. The molecule has 1 unspecified atom stereocenters. The van der Waals surface area contributed by atoms with E-state index in [0.29, 0.717) is 22.3 Å². The molecule has 1 aliphatic carbocycles. The van der Waals surface area contributed by atoms with Crippen molar-refractivity contribution in [3.8, 4) is 0 Å². The summed E-state index contributed by atoms with van der Waals surface area (Å²) in [5.41, 5.74) is 3.25. The van der Waals surface area contributed by atoms with Crippen LogP contribution < -0.4 is 5.32 Å². The number of nitrogens with one attached hydrogen (secondary N) is 1. The zero-order valence-electron chi connectivity index (χ0n) is 18.5. The number of carbonyl (C=O) groups excluding carboxylic acids is 3. The molecule has 2 fully saturated rings. The number of amides is 2. The number of amidine groups is 1. The molecule has 1 saturated heterocycles. The first kappa shape index (κ1) is 22.3. The van der Waals surface area contributed by atoms with E-state index in [9.17, 15) is 14.4 Å². The summed E-state index contributed by atoms with van der Waals surface area (Å²) in [6.07, 6.45) is 2.02. The average Bonchev–Trinajstić information content (AvgIpc) is 3.54. The van der Waals surface area contributed by atoms with Crippen LogP contribution in [0.25, 0.3) is 0 Å². The molecular formula is C25H27N3O3S. The maximum atomic E-state index is 13.0. The molecule has 1 atom stereocenters. The number of carbonyl (C=O) groups is 3. The summed E-state index contributed by atoms with van der Waals surface area (Å²) in [7, 11) is 0. The number of aliphatic imine (C=N–C) groups is 1. The second kappa shape index (κ2) is 9.28. The lowest BCUT2D eigenvalue weighted by Gasteiger charge is -2.15. The summed E-state index contributed by atoms with van der Waals surface area (Å²) in [6, 6.07) is 15.0. The third kappa shape index (κ3) is 5.10. The van der Waals surface area contributed by atoms with Crippen LogP contribution in [0.2, 0.25) is 0 Å². The molecule has 2 amide bonds. The van der Waals surface area contributed by atoms with Gasteiger partial charge in [0.15, 0.2) is 11.0 Å². The highest BCUT2D eigenvalue weighted by Crippen LogP contribution is 2.39. The van der Waals surface area contributed by atoms with Crippen molar-refractivity contribution in [2.45, 2.75) is 57.2 Å². The highest BCUT2D eigenvalue weighted by Gasteiger charge is 2.46. The van der Waals surface area contributed by atoms with Crippen molar-refractivity contribution in [1.29, 1.82) is 0 Å². The SMILES string of the molecule is CC(=O)c1ccc(NC(=O)CC2SC(=Nc3ccc(C(C)C)cc3)N(C3CC3)C2=O)cc1. The van der Waals surface area contributed by atoms with Gasteiger partial charge in [0.05, 0.1) is 5.69 Å². The van der Waals surface area contributed by atoms with Crippen LogP contribution in [0.15, 0.2) is 53.5 Å². The minimum absolute atomic E-state index is 0.0262. The van der Waals surface area contributed by atoms with Gasteiger partial charge in [0.25, 0.3) is 0 Å².